The molecule has 0 radical (unpaired) electrons. The Labute approximate surface area is 103 Å². The van der Waals surface area contributed by atoms with Crippen molar-refractivity contribution in [1.82, 2.24) is 10.4 Å². The Bertz CT molecular complexity index is 436. The molecule has 0 saturated carbocycles. The van der Waals surface area contributed by atoms with Crippen LogP contribution >= 0.6 is 12.2 Å². The molecule has 1 aromatic rings. The third-order valence-electron chi connectivity index (χ3n) is 1.32. The van der Waals surface area contributed by atoms with Gasteiger partial charge in [-0.1, -0.05) is 0 Å². The van der Waals surface area contributed by atoms with E-state index in [0.29, 0.717) is 5.56 Å². The lowest BCUT2D eigenvalue weighted by Crippen LogP contribution is -2.63. The lowest BCUT2D eigenvalue weighted by atomic mass is 10.3. The maximum atomic E-state index is 10.3. The molecular weight excluding hydrogens is 272 g/mol. The Morgan fingerprint density at radius 2 is 2.29 bits per heavy atom. The van der Waals surface area contributed by atoms with Crippen LogP contribution in [0.3, 0.4) is 0 Å². The Hall–Kier alpha value is -1.52. The zero-order valence-corrected chi connectivity index (χ0v) is 9.77. The first-order valence-electron chi connectivity index (χ1n) is 4.02. The number of nitrogens with zero attached hydrogens (tertiary/aromatic N) is 2. The van der Waals surface area contributed by atoms with Crippen molar-refractivity contribution in [2.45, 2.75) is 0 Å². The minimum absolute atomic E-state index is 0.0209. The minimum Gasteiger partial charge on any atom is -0.375 e. The van der Waals surface area contributed by atoms with E-state index in [0.717, 1.165) is 0 Å². The van der Waals surface area contributed by atoms with Crippen LogP contribution in [0.4, 0.5) is 0 Å². The molecule has 1 aromatic heterocycles. The SMILES string of the molecule is NC(=S)N/N=C/c1ccnc(O[Cl+3]([O-])([O-])[O-])c1. The second kappa shape index (κ2) is 5.70. The van der Waals surface area contributed by atoms with Gasteiger partial charge in [0.05, 0.1) is 6.21 Å². The molecule has 1 heterocycles. The van der Waals surface area contributed by atoms with Gasteiger partial charge < -0.3 is 5.73 Å². The Balaban J connectivity index is 2.72. The first-order chi connectivity index (χ1) is 7.87. The van der Waals surface area contributed by atoms with Gasteiger partial charge in [0.25, 0.3) is 0 Å². The smallest absolute Gasteiger partial charge is 0.375 e. The van der Waals surface area contributed by atoms with Crippen LogP contribution < -0.4 is 29.4 Å². The summed E-state index contributed by atoms with van der Waals surface area (Å²) in [5, 5.41) is 3.60. The van der Waals surface area contributed by atoms with Crippen molar-refractivity contribution in [2.24, 2.45) is 10.8 Å². The number of nitrogens with two attached hydrogens (primary N) is 1. The molecular formula is C7H7ClN4O4S. The Morgan fingerprint density at radius 1 is 1.59 bits per heavy atom. The number of halogens is 1. The average Bonchev–Trinajstić information content (AvgIpc) is 2.14. The molecule has 10 heteroatoms. The van der Waals surface area contributed by atoms with E-state index in [9.17, 15) is 14.0 Å². The highest BCUT2D eigenvalue weighted by Gasteiger charge is 2.20. The van der Waals surface area contributed by atoms with Crippen molar-refractivity contribution in [2.75, 3.05) is 0 Å². The Kier molecular flexibility index (Phi) is 4.54. The van der Waals surface area contributed by atoms with Crippen LogP contribution in [0, 0.1) is 10.2 Å². The summed E-state index contributed by atoms with van der Waals surface area (Å²) in [6.45, 7) is 0. The van der Waals surface area contributed by atoms with E-state index in [1.807, 2.05) is 0 Å². The van der Waals surface area contributed by atoms with Crippen molar-refractivity contribution in [3.8, 4) is 5.88 Å². The summed E-state index contributed by atoms with van der Waals surface area (Å²) in [5.41, 5.74) is 7.86. The number of thiocarbonyl (C=S) groups is 1. The highest BCUT2D eigenvalue weighted by Crippen LogP contribution is 2.10. The predicted octanol–water partition coefficient (Wildman–Crippen LogP) is -3.48. The number of hydrogen-bond donors (Lipinski definition) is 2. The first kappa shape index (κ1) is 13.5. The quantitative estimate of drug-likeness (QED) is 0.328. The van der Waals surface area contributed by atoms with E-state index in [2.05, 4.69) is 32.0 Å². The molecule has 0 unspecified atom stereocenters. The van der Waals surface area contributed by atoms with Crippen molar-refractivity contribution in [3.63, 3.8) is 0 Å². The summed E-state index contributed by atoms with van der Waals surface area (Å²) >= 11 is 4.50. The maximum Gasteiger partial charge on any atom is 0.381 e. The van der Waals surface area contributed by atoms with Crippen molar-refractivity contribution in [1.29, 1.82) is 0 Å². The molecule has 0 atom stereocenters. The molecule has 3 N–H and O–H groups in total. The molecule has 17 heavy (non-hydrogen) atoms. The van der Waals surface area contributed by atoms with E-state index >= 15 is 0 Å². The van der Waals surface area contributed by atoms with Gasteiger partial charge in [0, 0.05) is 17.8 Å². The van der Waals surface area contributed by atoms with Crippen LogP contribution in [0.1, 0.15) is 5.56 Å². The largest absolute Gasteiger partial charge is 0.381 e. The number of hydrazone groups is 1. The van der Waals surface area contributed by atoms with Gasteiger partial charge in [-0.2, -0.15) is 19.1 Å². The zero-order chi connectivity index (χ0) is 12.9. The molecule has 0 aliphatic rings. The van der Waals surface area contributed by atoms with Crippen molar-refractivity contribution < 1.29 is 28.5 Å². The number of pyridine rings is 1. The standard InChI is InChI=1S/C7H7ClN4O4S/c9-7(17)12-11-4-5-1-2-10-6(3-5)16-8(13,14)15/h1-4H,(H3,9,12,17)/b11-4+. The van der Waals surface area contributed by atoms with Crippen LogP contribution in [0.5, 0.6) is 5.88 Å². The lowest BCUT2D eigenvalue weighted by molar-refractivity contribution is -1.91. The summed E-state index contributed by atoms with van der Waals surface area (Å²) in [6, 6.07) is 2.71. The van der Waals surface area contributed by atoms with E-state index in [-0.39, 0.29) is 11.0 Å². The Morgan fingerprint density at radius 3 is 2.88 bits per heavy atom. The average molecular weight is 279 g/mol. The third kappa shape index (κ3) is 5.94. The zero-order valence-electron chi connectivity index (χ0n) is 8.20. The first-order valence-corrected chi connectivity index (χ1v) is 5.66. The molecule has 0 aromatic carbocycles. The predicted molar refractivity (Wildman–Crippen MR) is 52.4 cm³/mol. The molecule has 0 amide bonds. The molecule has 8 nitrogen and oxygen atoms in total. The normalized spacial score (nSPS) is 11.5. The third-order valence-corrected chi connectivity index (χ3v) is 1.76. The summed E-state index contributed by atoms with van der Waals surface area (Å²) in [7, 11) is -4.57. The molecule has 0 spiro atoms. The molecule has 0 fully saturated rings. The summed E-state index contributed by atoms with van der Waals surface area (Å²) in [6.07, 6.45) is 2.54. The number of aromatic nitrogens is 1. The fourth-order valence-electron chi connectivity index (χ4n) is 0.814. The van der Waals surface area contributed by atoms with Crippen LogP contribution in [-0.2, 0) is 0 Å². The summed E-state index contributed by atoms with van der Waals surface area (Å²) in [5.74, 6) is -0.360. The van der Waals surface area contributed by atoms with Gasteiger partial charge in [0.2, 0.25) is 0 Å². The van der Waals surface area contributed by atoms with E-state index in [1.54, 1.807) is 0 Å². The van der Waals surface area contributed by atoms with Gasteiger partial charge in [0.15, 0.2) is 5.11 Å². The van der Waals surface area contributed by atoms with Gasteiger partial charge >= 0.3 is 5.88 Å². The van der Waals surface area contributed by atoms with Gasteiger partial charge in [-0.3, -0.25) is 5.43 Å². The number of hydrogen-bond acceptors (Lipinski definition) is 7. The van der Waals surface area contributed by atoms with Gasteiger partial charge in [-0.05, 0) is 22.6 Å². The second-order valence-electron chi connectivity index (χ2n) is 2.62. The molecule has 1 rings (SSSR count). The molecule has 0 saturated heterocycles. The minimum atomic E-state index is -4.57. The molecule has 0 aliphatic heterocycles. The molecule has 0 bridgehead atoms. The van der Waals surface area contributed by atoms with Crippen LogP contribution in [0.2, 0.25) is 0 Å². The van der Waals surface area contributed by atoms with Crippen molar-refractivity contribution >= 4 is 23.5 Å². The molecule has 92 valence electrons. The van der Waals surface area contributed by atoms with E-state index in [4.69, 9.17) is 5.73 Å². The highest BCUT2D eigenvalue weighted by atomic mass is 35.7. The van der Waals surface area contributed by atoms with E-state index < -0.39 is 10.2 Å². The second-order valence-corrected chi connectivity index (χ2v) is 3.97. The van der Waals surface area contributed by atoms with Crippen molar-refractivity contribution in [3.05, 3.63) is 23.9 Å². The van der Waals surface area contributed by atoms with E-state index in [1.165, 1.54) is 24.5 Å². The van der Waals surface area contributed by atoms with Crippen LogP contribution in [-0.4, -0.2) is 16.3 Å². The summed E-state index contributed by atoms with van der Waals surface area (Å²) in [4.78, 5) is 3.53. The monoisotopic (exact) mass is 278 g/mol. The summed E-state index contributed by atoms with van der Waals surface area (Å²) < 4.78 is 34.9. The lowest BCUT2D eigenvalue weighted by Gasteiger charge is -2.11. The number of rotatable bonds is 4. The fourth-order valence-corrected chi connectivity index (χ4v) is 1.15. The van der Waals surface area contributed by atoms with Gasteiger partial charge in [-0.25, -0.2) is 4.98 Å². The van der Waals surface area contributed by atoms with Gasteiger partial charge in [-0.15, -0.1) is 0 Å². The van der Waals surface area contributed by atoms with Crippen LogP contribution in [0.15, 0.2) is 23.4 Å². The highest BCUT2D eigenvalue weighted by molar-refractivity contribution is 7.80. The molecule has 0 aliphatic carbocycles. The maximum absolute atomic E-state index is 10.3. The number of nitrogens with one attached hydrogen (secondary N) is 1. The fraction of sp³-hybridized carbons (Fsp3) is 0. The van der Waals surface area contributed by atoms with Crippen LogP contribution in [0.25, 0.3) is 0 Å². The topological polar surface area (TPSA) is 142 Å². The van der Waals surface area contributed by atoms with Gasteiger partial charge in [0.1, 0.15) is 10.2 Å².